The summed E-state index contributed by atoms with van der Waals surface area (Å²) < 4.78 is 0.677. The van der Waals surface area contributed by atoms with Crippen LogP contribution in [-0.2, 0) is 9.59 Å². The zero-order valence-corrected chi connectivity index (χ0v) is 18.5. The molecule has 0 aliphatic carbocycles. The highest BCUT2D eigenvalue weighted by molar-refractivity contribution is 8.01. The SMILES string of the molecule is Cc1cnn(-c2c(Cl)cccc2Cl)c1C(=O)N[C@H]1C(=O)N2[C@H]1SC(C)(C)[C@H]2C(=O)O. The second-order valence-corrected chi connectivity index (χ2v) is 10.3. The number of para-hydroxylation sites is 1. The van der Waals surface area contributed by atoms with Gasteiger partial charge >= 0.3 is 5.97 Å². The number of aliphatic carboxylic acids is 1. The minimum absolute atomic E-state index is 0.202. The van der Waals surface area contributed by atoms with Crippen molar-refractivity contribution in [3.05, 3.63) is 45.7 Å². The predicted molar refractivity (Wildman–Crippen MR) is 113 cm³/mol. The lowest BCUT2D eigenvalue weighted by atomic mass is 9.96. The molecule has 4 rings (SSSR count). The molecule has 2 amide bonds. The number of benzene rings is 1. The maximum Gasteiger partial charge on any atom is 0.327 e. The van der Waals surface area contributed by atoms with Gasteiger partial charge in [0.25, 0.3) is 5.91 Å². The fourth-order valence-corrected chi connectivity index (χ4v) is 6.10. The summed E-state index contributed by atoms with van der Waals surface area (Å²) in [5.41, 5.74) is 1.14. The molecule has 3 heterocycles. The van der Waals surface area contributed by atoms with Crippen LogP contribution in [0.15, 0.2) is 24.4 Å². The molecule has 2 aromatic rings. The van der Waals surface area contributed by atoms with Crippen LogP contribution in [0.25, 0.3) is 5.69 Å². The summed E-state index contributed by atoms with van der Waals surface area (Å²) in [5, 5.41) is 16.7. The molecule has 2 N–H and O–H groups in total. The third kappa shape index (κ3) is 3.07. The van der Waals surface area contributed by atoms with E-state index in [9.17, 15) is 19.5 Å². The molecule has 2 aliphatic heterocycles. The Bertz CT molecular complexity index is 1070. The average molecular weight is 469 g/mol. The zero-order chi connectivity index (χ0) is 22.0. The smallest absolute Gasteiger partial charge is 0.327 e. The Morgan fingerprint density at radius 3 is 2.50 bits per heavy atom. The Balaban J connectivity index is 1.62. The lowest BCUT2D eigenvalue weighted by Gasteiger charge is -2.43. The molecule has 2 fully saturated rings. The summed E-state index contributed by atoms with van der Waals surface area (Å²) in [7, 11) is 0. The summed E-state index contributed by atoms with van der Waals surface area (Å²) in [4.78, 5) is 38.7. The highest BCUT2D eigenvalue weighted by atomic mass is 35.5. The van der Waals surface area contributed by atoms with Crippen molar-refractivity contribution in [2.45, 2.75) is 43.0 Å². The number of aryl methyl sites for hydroxylation is 1. The fraction of sp³-hybridized carbons (Fsp3) is 0.368. The number of nitrogens with zero attached hydrogens (tertiary/aromatic N) is 3. The molecule has 158 valence electrons. The number of amides is 2. The van der Waals surface area contributed by atoms with E-state index >= 15 is 0 Å². The van der Waals surface area contributed by atoms with Gasteiger partial charge in [0.05, 0.1) is 16.2 Å². The molecule has 30 heavy (non-hydrogen) atoms. The van der Waals surface area contributed by atoms with Crippen LogP contribution in [0.3, 0.4) is 0 Å². The topological polar surface area (TPSA) is 105 Å². The van der Waals surface area contributed by atoms with E-state index in [0.29, 0.717) is 21.3 Å². The average Bonchev–Trinajstić information content (AvgIpc) is 3.14. The quantitative estimate of drug-likeness (QED) is 0.668. The molecule has 0 unspecified atom stereocenters. The Morgan fingerprint density at radius 1 is 1.27 bits per heavy atom. The molecular formula is C19H18Cl2N4O4S. The monoisotopic (exact) mass is 468 g/mol. The van der Waals surface area contributed by atoms with Gasteiger partial charge in [-0.25, -0.2) is 9.48 Å². The van der Waals surface area contributed by atoms with Crippen LogP contribution in [0.2, 0.25) is 10.0 Å². The van der Waals surface area contributed by atoms with Gasteiger partial charge in [0, 0.05) is 10.3 Å². The number of halogens is 2. The van der Waals surface area contributed by atoms with Crippen LogP contribution in [0, 0.1) is 6.92 Å². The van der Waals surface area contributed by atoms with Gasteiger partial charge in [-0.2, -0.15) is 5.10 Å². The van der Waals surface area contributed by atoms with Crippen molar-refractivity contribution < 1.29 is 19.5 Å². The number of β-lactam (4-membered cyclic amide) rings is 1. The number of fused-ring (bicyclic) bond motifs is 1. The van der Waals surface area contributed by atoms with Crippen molar-refractivity contribution in [2.75, 3.05) is 0 Å². The molecule has 0 spiro atoms. The van der Waals surface area contributed by atoms with Crippen LogP contribution < -0.4 is 5.32 Å². The lowest BCUT2D eigenvalue weighted by Crippen LogP contribution is -2.70. The number of carbonyl (C=O) groups is 3. The molecule has 0 saturated carbocycles. The maximum atomic E-state index is 13.1. The van der Waals surface area contributed by atoms with Gasteiger partial charge in [-0.15, -0.1) is 11.8 Å². The van der Waals surface area contributed by atoms with Crippen molar-refractivity contribution in [1.29, 1.82) is 0 Å². The van der Waals surface area contributed by atoms with Crippen LogP contribution in [0.1, 0.15) is 29.9 Å². The Hall–Kier alpha value is -2.23. The fourth-order valence-electron chi connectivity index (χ4n) is 3.92. The largest absolute Gasteiger partial charge is 0.480 e. The molecule has 2 saturated heterocycles. The predicted octanol–water partition coefficient (Wildman–Crippen LogP) is 2.73. The Kier molecular flexibility index (Phi) is 5.03. The molecule has 1 aromatic carbocycles. The van der Waals surface area contributed by atoms with E-state index in [1.54, 1.807) is 39.0 Å². The van der Waals surface area contributed by atoms with Gasteiger partial charge in [-0.3, -0.25) is 9.59 Å². The molecule has 0 bridgehead atoms. The number of hydrogen-bond donors (Lipinski definition) is 2. The maximum absolute atomic E-state index is 13.1. The van der Waals surface area contributed by atoms with E-state index < -0.39 is 40.0 Å². The van der Waals surface area contributed by atoms with Crippen LogP contribution in [0.4, 0.5) is 0 Å². The first kappa shape index (κ1) is 21.0. The van der Waals surface area contributed by atoms with Gasteiger partial charge in [-0.05, 0) is 32.9 Å². The van der Waals surface area contributed by atoms with E-state index in [1.807, 2.05) is 0 Å². The van der Waals surface area contributed by atoms with E-state index in [1.165, 1.54) is 27.5 Å². The first-order valence-corrected chi connectivity index (χ1v) is 10.7. The van der Waals surface area contributed by atoms with Gasteiger partial charge in [0.1, 0.15) is 28.8 Å². The van der Waals surface area contributed by atoms with Crippen molar-refractivity contribution in [3.8, 4) is 5.69 Å². The van der Waals surface area contributed by atoms with Gasteiger partial charge < -0.3 is 15.3 Å². The van der Waals surface area contributed by atoms with Crippen molar-refractivity contribution in [2.24, 2.45) is 0 Å². The standard InChI is InChI=1S/C19H18Cl2N4O4S/c1-8-7-22-25(13-9(20)5-4-6-10(13)21)12(8)15(26)23-11-16(27)24-14(18(28)29)19(2,3)30-17(11)24/h4-7,11,14,17H,1-3H3,(H,23,26)(H,28,29)/t11-,14+,17-/m0/s1. The highest BCUT2D eigenvalue weighted by Crippen LogP contribution is 2.50. The number of aromatic nitrogens is 2. The number of rotatable bonds is 4. The summed E-state index contributed by atoms with van der Waals surface area (Å²) in [5.74, 6) is -2.00. The summed E-state index contributed by atoms with van der Waals surface area (Å²) in [6.07, 6.45) is 1.51. The highest BCUT2D eigenvalue weighted by Gasteiger charge is 2.64. The Morgan fingerprint density at radius 2 is 1.90 bits per heavy atom. The van der Waals surface area contributed by atoms with E-state index in [0.717, 1.165) is 0 Å². The number of thioether (sulfide) groups is 1. The molecule has 0 radical (unpaired) electrons. The number of carboxylic acids is 1. The van der Waals surface area contributed by atoms with E-state index in [4.69, 9.17) is 23.2 Å². The molecule has 11 heteroatoms. The summed E-state index contributed by atoms with van der Waals surface area (Å²) >= 11 is 13.9. The molecule has 1 aromatic heterocycles. The minimum Gasteiger partial charge on any atom is -0.480 e. The minimum atomic E-state index is -1.06. The number of hydrogen-bond acceptors (Lipinski definition) is 5. The summed E-state index contributed by atoms with van der Waals surface area (Å²) in [6, 6.07) is 3.19. The Labute approximate surface area is 186 Å². The molecule has 8 nitrogen and oxygen atoms in total. The van der Waals surface area contributed by atoms with Crippen molar-refractivity contribution in [1.82, 2.24) is 20.0 Å². The summed E-state index contributed by atoms with van der Waals surface area (Å²) in [6.45, 7) is 5.27. The molecular weight excluding hydrogens is 451 g/mol. The second-order valence-electron chi connectivity index (χ2n) is 7.71. The first-order valence-electron chi connectivity index (χ1n) is 9.07. The van der Waals surface area contributed by atoms with Crippen LogP contribution in [-0.4, -0.2) is 59.8 Å². The van der Waals surface area contributed by atoms with Crippen LogP contribution >= 0.6 is 35.0 Å². The number of nitrogens with one attached hydrogen (secondary N) is 1. The number of carbonyl (C=O) groups excluding carboxylic acids is 2. The zero-order valence-electron chi connectivity index (χ0n) is 16.2. The third-order valence-corrected chi connectivity index (χ3v) is 7.46. The normalized spacial score (nSPS) is 24.4. The van der Waals surface area contributed by atoms with Gasteiger partial charge in [0.15, 0.2) is 0 Å². The van der Waals surface area contributed by atoms with Gasteiger partial charge in [-0.1, -0.05) is 29.3 Å². The van der Waals surface area contributed by atoms with Crippen molar-refractivity contribution in [3.63, 3.8) is 0 Å². The molecule has 3 atom stereocenters. The van der Waals surface area contributed by atoms with Gasteiger partial charge in [0.2, 0.25) is 5.91 Å². The third-order valence-electron chi connectivity index (χ3n) is 5.28. The van der Waals surface area contributed by atoms with E-state index in [2.05, 4.69) is 10.4 Å². The molecule has 2 aliphatic rings. The first-order chi connectivity index (χ1) is 14.0. The van der Waals surface area contributed by atoms with Crippen molar-refractivity contribution >= 4 is 52.7 Å². The van der Waals surface area contributed by atoms with Crippen LogP contribution in [0.5, 0.6) is 0 Å². The lowest BCUT2D eigenvalue weighted by molar-refractivity contribution is -0.159. The number of carboxylic acid groups (broad SMARTS) is 1. The second kappa shape index (κ2) is 7.18. The van der Waals surface area contributed by atoms with E-state index in [-0.39, 0.29) is 5.69 Å².